The number of halogens is 1. The molecule has 130 valence electrons. The number of methoxy groups -OCH3 is 1. The summed E-state index contributed by atoms with van der Waals surface area (Å²) in [7, 11) is 1.60. The van der Waals surface area contributed by atoms with Crippen molar-refractivity contribution in [2.45, 2.75) is 45.6 Å². The number of hydrogen-bond donors (Lipinski definition) is 2. The number of anilines is 1. The molecule has 0 aliphatic heterocycles. The van der Waals surface area contributed by atoms with Crippen LogP contribution >= 0.6 is 11.6 Å². The predicted molar refractivity (Wildman–Crippen MR) is 95.0 cm³/mol. The van der Waals surface area contributed by atoms with Crippen LogP contribution in [0.2, 0.25) is 0 Å². The molecular formula is C17H27ClN2O3. The Morgan fingerprint density at radius 2 is 2.09 bits per heavy atom. The first-order chi connectivity index (χ1) is 11.1. The fourth-order valence-corrected chi connectivity index (χ4v) is 2.36. The molecule has 0 saturated heterocycles. The second kappa shape index (κ2) is 11.0. The molecule has 5 nitrogen and oxygen atoms in total. The predicted octanol–water partition coefficient (Wildman–Crippen LogP) is 4.40. The molecular weight excluding hydrogens is 316 g/mol. The number of unbranched alkanes of at least 4 members (excludes halogenated alkanes) is 2. The first-order valence-electron chi connectivity index (χ1n) is 8.05. The van der Waals surface area contributed by atoms with Crippen LogP contribution in [-0.4, -0.2) is 31.7 Å². The van der Waals surface area contributed by atoms with Crippen LogP contribution in [0.5, 0.6) is 11.5 Å². The van der Waals surface area contributed by atoms with Crippen molar-refractivity contribution in [2.75, 3.05) is 24.9 Å². The van der Waals surface area contributed by atoms with Crippen molar-refractivity contribution in [1.29, 1.82) is 0 Å². The summed E-state index contributed by atoms with van der Waals surface area (Å²) in [6.45, 7) is 4.69. The van der Waals surface area contributed by atoms with Crippen LogP contribution in [0, 0.1) is 0 Å². The number of carbonyl (C=O) groups excluding carboxylic acids is 1. The van der Waals surface area contributed by atoms with Crippen LogP contribution in [0.3, 0.4) is 0 Å². The molecule has 0 heterocycles. The van der Waals surface area contributed by atoms with Crippen LogP contribution in [0.1, 0.15) is 39.5 Å². The largest absolute Gasteiger partial charge is 0.493 e. The molecule has 0 saturated carbocycles. The minimum absolute atomic E-state index is 0.0236. The third-order valence-electron chi connectivity index (χ3n) is 3.35. The molecule has 2 amide bonds. The number of urea groups is 1. The van der Waals surface area contributed by atoms with E-state index in [-0.39, 0.29) is 12.1 Å². The maximum atomic E-state index is 11.9. The Morgan fingerprint density at radius 1 is 1.30 bits per heavy atom. The second-order valence-corrected chi connectivity index (χ2v) is 5.78. The lowest BCUT2D eigenvalue weighted by Crippen LogP contribution is -2.36. The van der Waals surface area contributed by atoms with E-state index < -0.39 is 0 Å². The number of nitrogens with one attached hydrogen (secondary N) is 2. The van der Waals surface area contributed by atoms with E-state index in [1.165, 1.54) is 0 Å². The first kappa shape index (κ1) is 19.4. The van der Waals surface area contributed by atoms with Crippen molar-refractivity contribution in [3.63, 3.8) is 0 Å². The summed E-state index contributed by atoms with van der Waals surface area (Å²) < 4.78 is 11.0. The molecule has 0 aliphatic carbocycles. The maximum Gasteiger partial charge on any atom is 0.319 e. The Labute approximate surface area is 143 Å². The normalized spacial score (nSPS) is 11.7. The van der Waals surface area contributed by atoms with E-state index in [1.54, 1.807) is 25.3 Å². The minimum Gasteiger partial charge on any atom is -0.493 e. The zero-order valence-electron chi connectivity index (χ0n) is 14.2. The van der Waals surface area contributed by atoms with Crippen molar-refractivity contribution in [1.82, 2.24) is 5.32 Å². The van der Waals surface area contributed by atoms with Gasteiger partial charge in [-0.15, -0.1) is 11.6 Å². The van der Waals surface area contributed by atoms with Gasteiger partial charge in [-0.25, -0.2) is 4.79 Å². The Hall–Kier alpha value is -1.62. The summed E-state index contributed by atoms with van der Waals surface area (Å²) in [5.41, 5.74) is 0.659. The molecule has 1 atom stereocenters. The monoisotopic (exact) mass is 342 g/mol. The van der Waals surface area contributed by atoms with Gasteiger partial charge in [0, 0.05) is 23.7 Å². The second-order valence-electron chi connectivity index (χ2n) is 5.40. The third-order valence-corrected chi connectivity index (χ3v) is 3.56. The summed E-state index contributed by atoms with van der Waals surface area (Å²) in [5.74, 6) is 1.80. The molecule has 0 fully saturated rings. The SMILES string of the molecule is CCCCCOc1cc(NC(=O)N[C@H](C)CCCl)ccc1OC. The molecule has 1 aromatic carbocycles. The van der Waals surface area contributed by atoms with E-state index >= 15 is 0 Å². The molecule has 6 heteroatoms. The minimum atomic E-state index is -0.260. The van der Waals surface area contributed by atoms with Gasteiger partial charge in [0.1, 0.15) is 0 Å². The van der Waals surface area contributed by atoms with Gasteiger partial charge in [0.25, 0.3) is 0 Å². The van der Waals surface area contributed by atoms with Crippen LogP contribution < -0.4 is 20.1 Å². The van der Waals surface area contributed by atoms with Gasteiger partial charge in [-0.2, -0.15) is 0 Å². The van der Waals surface area contributed by atoms with Gasteiger partial charge < -0.3 is 20.1 Å². The zero-order valence-corrected chi connectivity index (χ0v) is 14.9. The molecule has 23 heavy (non-hydrogen) atoms. The van der Waals surface area contributed by atoms with Gasteiger partial charge in [-0.05, 0) is 31.9 Å². The molecule has 0 radical (unpaired) electrons. The average Bonchev–Trinajstić information content (AvgIpc) is 2.52. The highest BCUT2D eigenvalue weighted by Crippen LogP contribution is 2.30. The topological polar surface area (TPSA) is 59.6 Å². The number of alkyl halides is 1. The van der Waals surface area contributed by atoms with Crippen molar-refractivity contribution < 1.29 is 14.3 Å². The van der Waals surface area contributed by atoms with E-state index in [1.807, 2.05) is 6.92 Å². The number of ether oxygens (including phenoxy) is 2. The Bertz CT molecular complexity index is 483. The summed E-state index contributed by atoms with van der Waals surface area (Å²) >= 11 is 5.66. The van der Waals surface area contributed by atoms with Crippen molar-refractivity contribution in [3.05, 3.63) is 18.2 Å². The molecule has 0 spiro atoms. The molecule has 0 aromatic heterocycles. The van der Waals surface area contributed by atoms with E-state index in [4.69, 9.17) is 21.1 Å². The zero-order chi connectivity index (χ0) is 17.1. The van der Waals surface area contributed by atoms with Crippen molar-refractivity contribution in [3.8, 4) is 11.5 Å². The van der Waals surface area contributed by atoms with Gasteiger partial charge in [0.15, 0.2) is 11.5 Å². The quantitative estimate of drug-likeness (QED) is 0.489. The Balaban J connectivity index is 2.63. The summed E-state index contributed by atoms with van der Waals surface area (Å²) in [5, 5.41) is 5.63. The number of hydrogen-bond acceptors (Lipinski definition) is 3. The van der Waals surface area contributed by atoms with E-state index in [0.717, 1.165) is 25.7 Å². The lowest BCUT2D eigenvalue weighted by atomic mass is 10.2. The number of amides is 2. The van der Waals surface area contributed by atoms with Crippen LogP contribution in [0.25, 0.3) is 0 Å². The lowest BCUT2D eigenvalue weighted by Gasteiger charge is -2.15. The Kier molecular flexibility index (Phi) is 9.29. The van der Waals surface area contributed by atoms with Gasteiger partial charge in [0.05, 0.1) is 13.7 Å². The number of rotatable bonds is 10. The van der Waals surface area contributed by atoms with Crippen molar-refractivity contribution >= 4 is 23.3 Å². The highest BCUT2D eigenvalue weighted by Gasteiger charge is 2.10. The fraction of sp³-hybridized carbons (Fsp3) is 0.588. The first-order valence-corrected chi connectivity index (χ1v) is 8.58. The fourth-order valence-electron chi connectivity index (χ4n) is 2.03. The summed E-state index contributed by atoms with van der Waals surface area (Å²) in [4.78, 5) is 11.9. The van der Waals surface area contributed by atoms with E-state index in [2.05, 4.69) is 17.6 Å². The number of benzene rings is 1. The molecule has 0 unspecified atom stereocenters. The van der Waals surface area contributed by atoms with Gasteiger partial charge in [-0.1, -0.05) is 19.8 Å². The smallest absolute Gasteiger partial charge is 0.319 e. The third kappa shape index (κ3) is 7.46. The molecule has 1 aromatic rings. The summed E-state index contributed by atoms with van der Waals surface area (Å²) in [6, 6.07) is 5.10. The molecule has 0 bridgehead atoms. The molecule has 0 aliphatic rings. The lowest BCUT2D eigenvalue weighted by molar-refractivity contribution is 0.249. The summed E-state index contributed by atoms with van der Waals surface area (Å²) in [6.07, 6.45) is 3.99. The highest BCUT2D eigenvalue weighted by atomic mass is 35.5. The van der Waals surface area contributed by atoms with Crippen LogP contribution in [0.15, 0.2) is 18.2 Å². The van der Waals surface area contributed by atoms with Crippen LogP contribution in [-0.2, 0) is 0 Å². The molecule has 2 N–H and O–H groups in total. The van der Waals surface area contributed by atoms with Gasteiger partial charge in [0.2, 0.25) is 0 Å². The van der Waals surface area contributed by atoms with E-state index in [0.29, 0.717) is 29.7 Å². The maximum absolute atomic E-state index is 11.9. The number of carbonyl (C=O) groups is 1. The molecule has 1 rings (SSSR count). The van der Waals surface area contributed by atoms with Crippen molar-refractivity contribution in [2.24, 2.45) is 0 Å². The van der Waals surface area contributed by atoms with Crippen LogP contribution in [0.4, 0.5) is 10.5 Å². The highest BCUT2D eigenvalue weighted by molar-refractivity contribution is 6.17. The standard InChI is InChI=1S/C17H27ClN2O3/c1-4-5-6-11-23-16-12-14(7-8-15(16)22-3)20-17(21)19-13(2)9-10-18/h7-8,12-13H,4-6,9-11H2,1-3H3,(H2,19,20,21)/t13-/m1/s1. The Morgan fingerprint density at radius 3 is 2.74 bits per heavy atom. The van der Waals surface area contributed by atoms with Gasteiger partial charge >= 0.3 is 6.03 Å². The average molecular weight is 343 g/mol. The van der Waals surface area contributed by atoms with Gasteiger partial charge in [-0.3, -0.25) is 0 Å². The van der Waals surface area contributed by atoms with E-state index in [9.17, 15) is 4.79 Å².